The van der Waals surface area contributed by atoms with Gasteiger partial charge in [0.2, 0.25) is 0 Å². The summed E-state index contributed by atoms with van der Waals surface area (Å²) in [6.45, 7) is 1.84. The number of nitro benzene ring substituents is 1. The number of aromatic nitrogens is 1. The van der Waals surface area contributed by atoms with Crippen molar-refractivity contribution in [1.82, 2.24) is 4.98 Å². The molecule has 1 amide bonds. The van der Waals surface area contributed by atoms with Crippen molar-refractivity contribution in [3.63, 3.8) is 0 Å². The van der Waals surface area contributed by atoms with Gasteiger partial charge in [-0.1, -0.05) is 23.7 Å². The summed E-state index contributed by atoms with van der Waals surface area (Å²) in [5, 5.41) is 14.0. The Labute approximate surface area is 174 Å². The van der Waals surface area contributed by atoms with Crippen LogP contribution in [0.25, 0.3) is 10.4 Å². The molecule has 0 saturated heterocycles. The maximum absolute atomic E-state index is 12.5. The van der Waals surface area contributed by atoms with Gasteiger partial charge in [-0.2, -0.15) is 0 Å². The lowest BCUT2D eigenvalue weighted by molar-refractivity contribution is -0.384. The molecule has 3 aromatic rings. The predicted octanol–water partition coefficient (Wildman–Crippen LogP) is 4.80. The van der Waals surface area contributed by atoms with Crippen molar-refractivity contribution in [3.8, 4) is 10.4 Å². The maximum atomic E-state index is 12.5. The number of carbonyl (C=O) groups excluding carboxylic acids is 2. The third-order valence-corrected chi connectivity index (χ3v) is 5.16. The van der Waals surface area contributed by atoms with E-state index in [9.17, 15) is 19.7 Å². The van der Waals surface area contributed by atoms with E-state index in [1.165, 1.54) is 30.5 Å². The number of pyridine rings is 1. The number of rotatable bonds is 6. The van der Waals surface area contributed by atoms with Crippen LogP contribution in [0.4, 0.5) is 11.4 Å². The number of ether oxygens (including phenoxy) is 1. The fourth-order valence-corrected chi connectivity index (χ4v) is 3.57. The number of amides is 1. The molecule has 2 heterocycles. The van der Waals surface area contributed by atoms with Crippen LogP contribution in [0.2, 0.25) is 5.15 Å². The summed E-state index contributed by atoms with van der Waals surface area (Å²) in [5.41, 5.74) is 0.969. The van der Waals surface area contributed by atoms with Crippen LogP contribution in [-0.2, 0) is 4.74 Å². The number of carbonyl (C=O) groups is 2. The van der Waals surface area contributed by atoms with E-state index in [2.05, 4.69) is 10.3 Å². The van der Waals surface area contributed by atoms with Crippen molar-refractivity contribution in [2.24, 2.45) is 0 Å². The molecule has 1 N–H and O–H groups in total. The van der Waals surface area contributed by atoms with Gasteiger partial charge in [0.25, 0.3) is 11.6 Å². The number of anilines is 1. The summed E-state index contributed by atoms with van der Waals surface area (Å²) in [7, 11) is 0. The SMILES string of the molecule is CCOC(=O)c1sc(-c2cccc([N+](=O)[O-])c2)cc1NC(=O)c1ccc(Cl)nc1. The molecule has 0 radical (unpaired) electrons. The lowest BCUT2D eigenvalue weighted by atomic mass is 10.1. The molecule has 8 nitrogen and oxygen atoms in total. The average molecular weight is 432 g/mol. The van der Waals surface area contributed by atoms with Gasteiger partial charge >= 0.3 is 5.97 Å². The third kappa shape index (κ3) is 4.76. The molecule has 0 spiro atoms. The highest BCUT2D eigenvalue weighted by atomic mass is 35.5. The Morgan fingerprint density at radius 2 is 2.07 bits per heavy atom. The highest BCUT2D eigenvalue weighted by Gasteiger charge is 2.21. The van der Waals surface area contributed by atoms with E-state index < -0.39 is 16.8 Å². The first-order valence-electron chi connectivity index (χ1n) is 8.37. The number of nitro groups is 1. The maximum Gasteiger partial charge on any atom is 0.350 e. The van der Waals surface area contributed by atoms with Gasteiger partial charge in [-0.25, -0.2) is 9.78 Å². The predicted molar refractivity (Wildman–Crippen MR) is 110 cm³/mol. The molecule has 0 aliphatic heterocycles. The summed E-state index contributed by atoms with van der Waals surface area (Å²) in [5.74, 6) is -1.08. The van der Waals surface area contributed by atoms with Gasteiger partial charge in [0.15, 0.2) is 0 Å². The van der Waals surface area contributed by atoms with Gasteiger partial charge < -0.3 is 10.1 Å². The molecule has 29 heavy (non-hydrogen) atoms. The first-order chi connectivity index (χ1) is 13.9. The van der Waals surface area contributed by atoms with E-state index in [1.54, 1.807) is 25.1 Å². The van der Waals surface area contributed by atoms with Gasteiger partial charge in [0.1, 0.15) is 10.0 Å². The standard InChI is InChI=1S/C19H14ClN3O5S/c1-2-28-19(25)17-14(22-18(24)12-6-7-16(20)21-10-12)9-15(29-17)11-4-3-5-13(8-11)23(26)27/h3-10H,2H2,1H3,(H,22,24). The number of thiophene rings is 1. The molecule has 148 valence electrons. The number of benzene rings is 1. The van der Waals surface area contributed by atoms with Crippen LogP contribution in [0.1, 0.15) is 27.0 Å². The Hall–Kier alpha value is -3.30. The Bertz CT molecular complexity index is 1080. The van der Waals surface area contributed by atoms with Crippen LogP contribution in [0.3, 0.4) is 0 Å². The van der Waals surface area contributed by atoms with Crippen LogP contribution in [0, 0.1) is 10.1 Å². The van der Waals surface area contributed by atoms with E-state index in [-0.39, 0.29) is 33.6 Å². The number of nitrogens with one attached hydrogen (secondary N) is 1. The third-order valence-electron chi connectivity index (χ3n) is 3.77. The summed E-state index contributed by atoms with van der Waals surface area (Å²) in [4.78, 5) is 40.0. The second kappa shape index (κ2) is 8.80. The van der Waals surface area contributed by atoms with Gasteiger partial charge in [0, 0.05) is 23.2 Å². The molecule has 2 aromatic heterocycles. The zero-order chi connectivity index (χ0) is 21.0. The molecule has 10 heteroatoms. The van der Waals surface area contributed by atoms with Crippen molar-refractivity contribution < 1.29 is 19.2 Å². The fraction of sp³-hybridized carbons (Fsp3) is 0.105. The normalized spacial score (nSPS) is 10.4. The first-order valence-corrected chi connectivity index (χ1v) is 9.57. The number of non-ortho nitro benzene ring substituents is 1. The number of halogens is 1. The molecular formula is C19H14ClN3O5S. The van der Waals surface area contributed by atoms with E-state index >= 15 is 0 Å². The first kappa shape index (κ1) is 20.4. The van der Waals surface area contributed by atoms with Crippen molar-refractivity contribution >= 4 is 46.2 Å². The van der Waals surface area contributed by atoms with Gasteiger partial charge in [-0.15, -0.1) is 11.3 Å². The number of esters is 1. The fourth-order valence-electron chi connectivity index (χ4n) is 2.45. The zero-order valence-corrected chi connectivity index (χ0v) is 16.6. The second-order valence-corrected chi connectivity index (χ2v) is 7.14. The van der Waals surface area contributed by atoms with Crippen molar-refractivity contribution in [3.05, 3.63) is 74.4 Å². The lowest BCUT2D eigenvalue weighted by Crippen LogP contribution is -2.14. The zero-order valence-electron chi connectivity index (χ0n) is 15.0. The molecule has 0 aliphatic rings. The Morgan fingerprint density at radius 3 is 2.72 bits per heavy atom. The summed E-state index contributed by atoms with van der Waals surface area (Å²) in [6, 6.07) is 10.6. The smallest absolute Gasteiger partial charge is 0.350 e. The summed E-state index contributed by atoms with van der Waals surface area (Å²) >= 11 is 6.81. The molecule has 0 saturated carbocycles. The van der Waals surface area contributed by atoms with Crippen LogP contribution < -0.4 is 5.32 Å². The molecule has 0 bridgehead atoms. The molecule has 0 atom stereocenters. The Morgan fingerprint density at radius 1 is 1.28 bits per heavy atom. The van der Waals surface area contributed by atoms with E-state index in [4.69, 9.17) is 16.3 Å². The van der Waals surface area contributed by atoms with E-state index in [0.717, 1.165) is 11.3 Å². The topological polar surface area (TPSA) is 111 Å². The molecule has 0 fully saturated rings. The highest BCUT2D eigenvalue weighted by molar-refractivity contribution is 7.18. The average Bonchev–Trinajstić information content (AvgIpc) is 3.12. The second-order valence-electron chi connectivity index (χ2n) is 5.71. The lowest BCUT2D eigenvalue weighted by Gasteiger charge is -2.06. The van der Waals surface area contributed by atoms with Crippen LogP contribution >= 0.6 is 22.9 Å². The van der Waals surface area contributed by atoms with Gasteiger partial charge in [-0.3, -0.25) is 14.9 Å². The van der Waals surface area contributed by atoms with Crippen LogP contribution in [-0.4, -0.2) is 28.4 Å². The number of hydrogen-bond donors (Lipinski definition) is 1. The minimum absolute atomic E-state index is 0.0774. The molecule has 0 aliphatic carbocycles. The van der Waals surface area contributed by atoms with Crippen molar-refractivity contribution in [2.75, 3.05) is 11.9 Å². The highest BCUT2D eigenvalue weighted by Crippen LogP contribution is 2.36. The molecule has 1 aromatic carbocycles. The molecule has 3 rings (SSSR count). The van der Waals surface area contributed by atoms with Crippen LogP contribution in [0.5, 0.6) is 0 Å². The number of nitrogens with zero attached hydrogens (tertiary/aromatic N) is 2. The van der Waals surface area contributed by atoms with E-state index in [0.29, 0.717) is 10.4 Å². The molecule has 0 unspecified atom stereocenters. The van der Waals surface area contributed by atoms with Crippen molar-refractivity contribution in [1.29, 1.82) is 0 Å². The Balaban J connectivity index is 1.98. The Kier molecular flexibility index (Phi) is 6.20. The molecular weight excluding hydrogens is 418 g/mol. The van der Waals surface area contributed by atoms with Gasteiger partial charge in [-0.05, 0) is 30.7 Å². The van der Waals surface area contributed by atoms with Gasteiger partial charge in [0.05, 0.1) is 22.8 Å². The summed E-state index contributed by atoms with van der Waals surface area (Å²) in [6.07, 6.45) is 1.32. The van der Waals surface area contributed by atoms with Crippen molar-refractivity contribution in [2.45, 2.75) is 6.92 Å². The minimum Gasteiger partial charge on any atom is -0.462 e. The van der Waals surface area contributed by atoms with E-state index in [1.807, 2.05) is 0 Å². The quantitative estimate of drug-likeness (QED) is 0.259. The monoisotopic (exact) mass is 431 g/mol. The number of hydrogen-bond acceptors (Lipinski definition) is 7. The minimum atomic E-state index is -0.598. The van der Waals surface area contributed by atoms with Crippen LogP contribution in [0.15, 0.2) is 48.7 Å². The largest absolute Gasteiger partial charge is 0.462 e. The summed E-state index contributed by atoms with van der Waals surface area (Å²) < 4.78 is 5.06.